The van der Waals surface area contributed by atoms with Gasteiger partial charge < -0.3 is 15.1 Å². The molecule has 1 amide bonds. The summed E-state index contributed by atoms with van der Waals surface area (Å²) in [6.07, 6.45) is 5.16. The van der Waals surface area contributed by atoms with E-state index in [-0.39, 0.29) is 5.91 Å². The average Bonchev–Trinajstić information content (AvgIpc) is 2.99. The number of rotatable bonds is 6. The molecule has 1 atom stereocenters. The number of amides is 1. The van der Waals surface area contributed by atoms with Gasteiger partial charge >= 0.3 is 0 Å². The van der Waals surface area contributed by atoms with E-state index in [4.69, 9.17) is 4.42 Å². The van der Waals surface area contributed by atoms with Crippen molar-refractivity contribution in [2.45, 2.75) is 25.7 Å². The Morgan fingerprint density at radius 2 is 2.53 bits per heavy atom. The summed E-state index contributed by atoms with van der Waals surface area (Å²) in [6, 6.07) is 3.75. The smallest absolute Gasteiger partial charge is 0.220 e. The normalized spacial score (nSPS) is 19.4. The van der Waals surface area contributed by atoms with Gasteiger partial charge in [-0.05, 0) is 44.0 Å². The molecule has 4 nitrogen and oxygen atoms in total. The molecule has 4 heteroatoms. The second kappa shape index (κ2) is 6.45. The van der Waals surface area contributed by atoms with Crippen molar-refractivity contribution in [3.05, 3.63) is 24.2 Å². The number of hydrogen-bond donors (Lipinski definition) is 2. The highest BCUT2D eigenvalue weighted by Gasteiger charge is 2.14. The van der Waals surface area contributed by atoms with Crippen LogP contribution in [0.15, 0.2) is 22.8 Å². The minimum Gasteiger partial charge on any atom is -0.469 e. The molecule has 1 saturated heterocycles. The van der Waals surface area contributed by atoms with Crippen molar-refractivity contribution in [2.75, 3.05) is 19.6 Å². The molecular formula is C13H20N2O2. The quantitative estimate of drug-likeness (QED) is 0.783. The van der Waals surface area contributed by atoms with Gasteiger partial charge in [0.05, 0.1) is 6.26 Å². The zero-order chi connectivity index (χ0) is 11.9. The number of hydrogen-bond acceptors (Lipinski definition) is 3. The number of furan rings is 1. The van der Waals surface area contributed by atoms with Crippen molar-refractivity contribution in [3.63, 3.8) is 0 Å². The average molecular weight is 236 g/mol. The maximum absolute atomic E-state index is 11.5. The molecule has 94 valence electrons. The summed E-state index contributed by atoms with van der Waals surface area (Å²) < 4.78 is 5.18. The molecule has 1 aromatic rings. The summed E-state index contributed by atoms with van der Waals surface area (Å²) in [7, 11) is 0. The molecule has 2 N–H and O–H groups in total. The van der Waals surface area contributed by atoms with Gasteiger partial charge in [-0.1, -0.05) is 0 Å². The van der Waals surface area contributed by atoms with E-state index in [1.54, 1.807) is 6.26 Å². The third kappa shape index (κ3) is 4.23. The molecule has 1 unspecified atom stereocenters. The summed E-state index contributed by atoms with van der Waals surface area (Å²) >= 11 is 0. The van der Waals surface area contributed by atoms with Crippen LogP contribution in [0.3, 0.4) is 0 Å². The van der Waals surface area contributed by atoms with Crippen LogP contribution in [-0.4, -0.2) is 25.5 Å². The predicted molar refractivity (Wildman–Crippen MR) is 65.6 cm³/mol. The first kappa shape index (κ1) is 12.2. The van der Waals surface area contributed by atoms with E-state index in [0.717, 1.165) is 37.7 Å². The van der Waals surface area contributed by atoms with Gasteiger partial charge in [-0.25, -0.2) is 0 Å². The van der Waals surface area contributed by atoms with E-state index < -0.39 is 0 Å². The van der Waals surface area contributed by atoms with Crippen LogP contribution in [0.2, 0.25) is 0 Å². The second-order valence-corrected chi connectivity index (χ2v) is 4.58. The van der Waals surface area contributed by atoms with Gasteiger partial charge in [0.15, 0.2) is 0 Å². The number of nitrogens with one attached hydrogen (secondary N) is 2. The number of carbonyl (C=O) groups excluding carboxylic acids is 1. The molecule has 1 fully saturated rings. The van der Waals surface area contributed by atoms with E-state index in [1.807, 2.05) is 12.1 Å². The molecule has 17 heavy (non-hydrogen) atoms. The van der Waals surface area contributed by atoms with Crippen LogP contribution in [0, 0.1) is 5.92 Å². The fourth-order valence-electron chi connectivity index (χ4n) is 2.16. The first-order valence-corrected chi connectivity index (χ1v) is 6.34. The van der Waals surface area contributed by atoms with Gasteiger partial charge in [-0.2, -0.15) is 0 Å². The summed E-state index contributed by atoms with van der Waals surface area (Å²) in [5, 5.41) is 6.29. The molecule has 0 spiro atoms. The molecule has 0 bridgehead atoms. The minimum absolute atomic E-state index is 0.118. The van der Waals surface area contributed by atoms with Crippen molar-refractivity contribution < 1.29 is 9.21 Å². The van der Waals surface area contributed by atoms with Crippen molar-refractivity contribution in [2.24, 2.45) is 5.92 Å². The van der Waals surface area contributed by atoms with E-state index in [9.17, 15) is 4.79 Å². The van der Waals surface area contributed by atoms with E-state index in [1.165, 1.54) is 6.42 Å². The molecule has 2 heterocycles. The van der Waals surface area contributed by atoms with Crippen LogP contribution < -0.4 is 10.6 Å². The van der Waals surface area contributed by atoms with E-state index in [0.29, 0.717) is 12.8 Å². The topological polar surface area (TPSA) is 54.3 Å². The van der Waals surface area contributed by atoms with Crippen LogP contribution >= 0.6 is 0 Å². The molecular weight excluding hydrogens is 216 g/mol. The zero-order valence-corrected chi connectivity index (χ0v) is 10.1. The van der Waals surface area contributed by atoms with Crippen molar-refractivity contribution in [1.82, 2.24) is 10.6 Å². The number of carbonyl (C=O) groups is 1. The monoisotopic (exact) mass is 236 g/mol. The summed E-state index contributed by atoms with van der Waals surface area (Å²) in [6.45, 7) is 3.02. The van der Waals surface area contributed by atoms with Gasteiger partial charge in [0.2, 0.25) is 5.91 Å². The van der Waals surface area contributed by atoms with Gasteiger partial charge in [-0.3, -0.25) is 4.79 Å². The summed E-state index contributed by atoms with van der Waals surface area (Å²) in [5.74, 6) is 1.73. The van der Waals surface area contributed by atoms with E-state index >= 15 is 0 Å². The predicted octanol–water partition coefficient (Wildman–Crippen LogP) is 1.33. The van der Waals surface area contributed by atoms with Gasteiger partial charge in [0.1, 0.15) is 5.76 Å². The highest BCUT2D eigenvalue weighted by molar-refractivity contribution is 5.75. The first-order valence-electron chi connectivity index (χ1n) is 6.34. The first-order chi connectivity index (χ1) is 8.34. The molecule has 1 aromatic heterocycles. The lowest BCUT2D eigenvalue weighted by molar-refractivity contribution is -0.121. The lowest BCUT2D eigenvalue weighted by atomic mass is 10.1. The second-order valence-electron chi connectivity index (χ2n) is 4.58. The Labute approximate surface area is 102 Å². The molecule has 0 aromatic carbocycles. The third-order valence-electron chi connectivity index (χ3n) is 3.22. The number of aryl methyl sites for hydroxylation is 1. The fourth-order valence-corrected chi connectivity index (χ4v) is 2.16. The molecule has 2 rings (SSSR count). The summed E-state index contributed by atoms with van der Waals surface area (Å²) in [5.41, 5.74) is 0. The Hall–Kier alpha value is -1.29. The van der Waals surface area contributed by atoms with Crippen LogP contribution in [0.25, 0.3) is 0 Å². The zero-order valence-electron chi connectivity index (χ0n) is 10.1. The summed E-state index contributed by atoms with van der Waals surface area (Å²) in [4.78, 5) is 11.5. The largest absolute Gasteiger partial charge is 0.469 e. The highest BCUT2D eigenvalue weighted by atomic mass is 16.3. The Morgan fingerprint density at radius 3 is 3.24 bits per heavy atom. The van der Waals surface area contributed by atoms with Crippen LogP contribution in [0.5, 0.6) is 0 Å². The molecule has 0 radical (unpaired) electrons. The van der Waals surface area contributed by atoms with Crippen molar-refractivity contribution >= 4 is 5.91 Å². The van der Waals surface area contributed by atoms with Crippen LogP contribution in [0.1, 0.15) is 25.0 Å². The Kier molecular flexibility index (Phi) is 4.62. The molecule has 1 aliphatic heterocycles. The lowest BCUT2D eigenvalue weighted by Crippen LogP contribution is -2.26. The van der Waals surface area contributed by atoms with Crippen LogP contribution in [0.4, 0.5) is 0 Å². The van der Waals surface area contributed by atoms with E-state index in [2.05, 4.69) is 10.6 Å². The molecule has 1 aliphatic rings. The maximum Gasteiger partial charge on any atom is 0.220 e. The fraction of sp³-hybridized carbons (Fsp3) is 0.615. The van der Waals surface area contributed by atoms with Crippen molar-refractivity contribution in [3.8, 4) is 0 Å². The minimum atomic E-state index is 0.118. The lowest BCUT2D eigenvalue weighted by Gasteiger charge is -2.08. The van der Waals surface area contributed by atoms with Crippen LogP contribution in [-0.2, 0) is 11.2 Å². The van der Waals surface area contributed by atoms with Gasteiger partial charge in [0.25, 0.3) is 0 Å². The van der Waals surface area contributed by atoms with Crippen molar-refractivity contribution in [1.29, 1.82) is 0 Å². The third-order valence-corrected chi connectivity index (χ3v) is 3.22. The maximum atomic E-state index is 11.5. The SMILES string of the molecule is O=C(CCc1ccco1)NCCC1CCNC1. The highest BCUT2D eigenvalue weighted by Crippen LogP contribution is 2.10. The Bertz CT molecular complexity index is 329. The Morgan fingerprint density at radius 1 is 1.59 bits per heavy atom. The Balaban J connectivity index is 1.54. The van der Waals surface area contributed by atoms with Gasteiger partial charge in [0, 0.05) is 19.4 Å². The molecule has 0 saturated carbocycles. The molecule has 0 aliphatic carbocycles. The standard InChI is InChI=1S/C13H20N2O2/c16-13(4-3-12-2-1-9-17-12)15-8-6-11-5-7-14-10-11/h1-2,9,11,14H,3-8,10H2,(H,15,16). The van der Waals surface area contributed by atoms with Gasteiger partial charge in [-0.15, -0.1) is 0 Å².